The monoisotopic (exact) mass is 348 g/mol. The number of fused-ring (bicyclic) bond motifs is 3. The summed E-state index contributed by atoms with van der Waals surface area (Å²) in [6.45, 7) is 3.89. The van der Waals surface area contributed by atoms with Crippen LogP contribution in [0.5, 0.6) is 0 Å². The van der Waals surface area contributed by atoms with Crippen LogP contribution in [-0.4, -0.2) is 24.9 Å². The number of nitro groups is 1. The van der Waals surface area contributed by atoms with E-state index in [9.17, 15) is 15.3 Å². The molecule has 0 unspecified atom stereocenters. The molecule has 26 heavy (non-hydrogen) atoms. The van der Waals surface area contributed by atoms with E-state index < -0.39 is 4.92 Å². The van der Waals surface area contributed by atoms with Crippen molar-refractivity contribution in [2.75, 3.05) is 0 Å². The summed E-state index contributed by atoms with van der Waals surface area (Å²) >= 11 is 0. The molecule has 7 nitrogen and oxygen atoms in total. The highest BCUT2D eigenvalue weighted by Gasteiger charge is 2.30. The van der Waals surface area contributed by atoms with Gasteiger partial charge in [-0.1, -0.05) is 18.2 Å². The molecule has 2 aromatic carbocycles. The van der Waals surface area contributed by atoms with Gasteiger partial charge < -0.3 is 5.21 Å². The molecule has 0 saturated heterocycles. The van der Waals surface area contributed by atoms with Gasteiger partial charge in [0.25, 0.3) is 5.69 Å². The minimum atomic E-state index is -0.449. The first-order chi connectivity index (χ1) is 12.5. The van der Waals surface area contributed by atoms with Gasteiger partial charge in [0.15, 0.2) is 5.82 Å². The lowest BCUT2D eigenvalue weighted by atomic mass is 9.99. The van der Waals surface area contributed by atoms with Crippen molar-refractivity contribution in [2.45, 2.75) is 20.4 Å². The Labute approximate surface area is 149 Å². The van der Waals surface area contributed by atoms with Gasteiger partial charge in [-0.3, -0.25) is 14.7 Å². The Hall–Kier alpha value is -3.48. The molecule has 1 aliphatic heterocycles. The van der Waals surface area contributed by atoms with Gasteiger partial charge in [-0.2, -0.15) is 4.74 Å². The minimum Gasteiger partial charge on any atom is -0.623 e. The van der Waals surface area contributed by atoms with Gasteiger partial charge in [0.1, 0.15) is 0 Å². The van der Waals surface area contributed by atoms with E-state index in [0.29, 0.717) is 22.7 Å². The molecule has 0 bridgehead atoms. The Kier molecular flexibility index (Phi) is 3.57. The van der Waals surface area contributed by atoms with Crippen LogP contribution in [0.4, 0.5) is 5.69 Å². The normalized spacial score (nSPS) is 13.2. The van der Waals surface area contributed by atoms with E-state index in [4.69, 9.17) is 0 Å². The van der Waals surface area contributed by atoms with Crippen molar-refractivity contribution in [3.05, 3.63) is 92.2 Å². The van der Waals surface area contributed by atoms with E-state index >= 15 is 0 Å². The Morgan fingerprint density at radius 2 is 1.88 bits per heavy atom. The first-order valence-electron chi connectivity index (χ1n) is 8.18. The Morgan fingerprint density at radius 3 is 2.58 bits per heavy atom. The van der Waals surface area contributed by atoms with Gasteiger partial charge in [-0.25, -0.2) is 4.98 Å². The van der Waals surface area contributed by atoms with Crippen molar-refractivity contribution in [3.63, 3.8) is 0 Å². The highest BCUT2D eigenvalue weighted by Crippen LogP contribution is 2.30. The SMILES string of the molecule is Cc1nc2n(c1C)-c1ccc([N+](=O)[O-])cc1C(c1ccccc1)=[N+]([O-])C2. The molecule has 1 aromatic heterocycles. The molecule has 1 aliphatic rings. The van der Waals surface area contributed by atoms with Crippen LogP contribution in [0.15, 0.2) is 48.5 Å². The van der Waals surface area contributed by atoms with Crippen LogP contribution >= 0.6 is 0 Å². The fourth-order valence-electron chi connectivity index (χ4n) is 3.37. The summed E-state index contributed by atoms with van der Waals surface area (Å²) in [5, 5.41) is 24.3. The molecule has 0 aliphatic carbocycles. The molecule has 4 rings (SSSR count). The number of non-ortho nitro benzene ring substituents is 1. The van der Waals surface area contributed by atoms with Crippen molar-refractivity contribution < 1.29 is 9.66 Å². The fourth-order valence-corrected chi connectivity index (χ4v) is 3.37. The lowest BCUT2D eigenvalue weighted by Crippen LogP contribution is -2.17. The second kappa shape index (κ2) is 5.80. The topological polar surface area (TPSA) is 87.0 Å². The second-order valence-corrected chi connectivity index (χ2v) is 6.24. The molecule has 130 valence electrons. The maximum Gasteiger partial charge on any atom is 0.270 e. The zero-order valence-electron chi connectivity index (χ0n) is 14.3. The maximum absolute atomic E-state index is 13.0. The average molecular weight is 348 g/mol. The van der Waals surface area contributed by atoms with Gasteiger partial charge in [-0.15, -0.1) is 0 Å². The first-order valence-corrected chi connectivity index (χ1v) is 8.18. The smallest absolute Gasteiger partial charge is 0.270 e. The van der Waals surface area contributed by atoms with Crippen LogP contribution in [0.3, 0.4) is 0 Å². The van der Waals surface area contributed by atoms with E-state index in [1.807, 2.05) is 48.7 Å². The molecule has 0 spiro atoms. The van der Waals surface area contributed by atoms with Crippen molar-refractivity contribution in [3.8, 4) is 5.69 Å². The Balaban J connectivity index is 2.08. The summed E-state index contributed by atoms with van der Waals surface area (Å²) in [5.74, 6) is 0.621. The van der Waals surface area contributed by atoms with Crippen LogP contribution in [0.1, 0.15) is 28.3 Å². The van der Waals surface area contributed by atoms with Gasteiger partial charge >= 0.3 is 0 Å². The molecule has 0 saturated carbocycles. The zero-order valence-corrected chi connectivity index (χ0v) is 14.3. The quantitative estimate of drug-likeness (QED) is 0.308. The van der Waals surface area contributed by atoms with E-state index in [1.165, 1.54) is 12.1 Å². The first kappa shape index (κ1) is 16.0. The number of hydroxylamine groups is 1. The number of rotatable bonds is 2. The summed E-state index contributed by atoms with van der Waals surface area (Å²) in [4.78, 5) is 15.4. The third-order valence-corrected chi connectivity index (χ3v) is 4.68. The molecule has 0 atom stereocenters. The number of nitro benzene ring substituents is 1. The summed E-state index contributed by atoms with van der Waals surface area (Å²) in [6, 6.07) is 13.8. The number of nitrogens with zero attached hydrogens (tertiary/aromatic N) is 4. The average Bonchev–Trinajstić information content (AvgIpc) is 2.82. The number of aryl methyl sites for hydroxylation is 1. The van der Waals surface area contributed by atoms with Gasteiger partial charge in [0.2, 0.25) is 12.3 Å². The van der Waals surface area contributed by atoms with Crippen molar-refractivity contribution in [1.82, 2.24) is 9.55 Å². The molecule has 0 N–H and O–H groups in total. The van der Waals surface area contributed by atoms with Crippen molar-refractivity contribution >= 4 is 11.4 Å². The lowest BCUT2D eigenvalue weighted by molar-refractivity contribution is -0.475. The van der Waals surface area contributed by atoms with Crippen molar-refractivity contribution in [2.24, 2.45) is 0 Å². The largest absolute Gasteiger partial charge is 0.623 e. The third kappa shape index (κ3) is 2.36. The van der Waals surface area contributed by atoms with Crippen LogP contribution in [0.25, 0.3) is 5.69 Å². The van der Waals surface area contributed by atoms with Gasteiger partial charge in [0.05, 0.1) is 21.9 Å². The number of hydrogen-bond acceptors (Lipinski definition) is 4. The van der Waals surface area contributed by atoms with Crippen LogP contribution in [0.2, 0.25) is 0 Å². The van der Waals surface area contributed by atoms with E-state index in [0.717, 1.165) is 21.8 Å². The summed E-state index contributed by atoms with van der Waals surface area (Å²) in [5.41, 5.74) is 4.07. The standard InChI is InChI=1S/C19H16N4O3/c1-12-13(2)22-17-9-8-15(23(25)26)10-16(17)19(14-6-4-3-5-7-14)21(24)11-18(22)20-12/h3-10H,11H2,1-2H3. The second-order valence-electron chi connectivity index (χ2n) is 6.24. The predicted molar refractivity (Wildman–Crippen MR) is 96.7 cm³/mol. The molecule has 2 heterocycles. The van der Waals surface area contributed by atoms with E-state index in [2.05, 4.69) is 4.98 Å². The molecule has 0 fully saturated rings. The predicted octanol–water partition coefficient (Wildman–Crippen LogP) is 3.26. The molecular formula is C19H16N4O3. The molecule has 7 heteroatoms. The zero-order chi connectivity index (χ0) is 18.4. The Morgan fingerprint density at radius 1 is 1.15 bits per heavy atom. The van der Waals surface area contributed by atoms with E-state index in [1.54, 1.807) is 6.07 Å². The summed E-state index contributed by atoms with van der Waals surface area (Å²) in [7, 11) is 0. The van der Waals surface area contributed by atoms with Crippen LogP contribution in [0, 0.1) is 29.2 Å². The fraction of sp³-hybridized carbons (Fsp3) is 0.158. The maximum atomic E-state index is 13.0. The number of hydrogen-bond donors (Lipinski definition) is 0. The molecule has 0 amide bonds. The van der Waals surface area contributed by atoms with E-state index in [-0.39, 0.29) is 12.2 Å². The lowest BCUT2D eigenvalue weighted by Gasteiger charge is -2.12. The third-order valence-electron chi connectivity index (χ3n) is 4.68. The number of aromatic nitrogens is 2. The molecule has 3 aromatic rings. The molecule has 0 radical (unpaired) electrons. The number of imidazole rings is 1. The van der Waals surface area contributed by atoms with Crippen LogP contribution < -0.4 is 0 Å². The van der Waals surface area contributed by atoms with Gasteiger partial charge in [0, 0.05) is 23.4 Å². The summed E-state index contributed by atoms with van der Waals surface area (Å²) in [6.07, 6.45) is 0. The minimum absolute atomic E-state index is 0.0523. The summed E-state index contributed by atoms with van der Waals surface area (Å²) < 4.78 is 2.78. The van der Waals surface area contributed by atoms with Crippen molar-refractivity contribution in [1.29, 1.82) is 0 Å². The number of benzene rings is 2. The highest BCUT2D eigenvalue weighted by molar-refractivity contribution is 6.12. The Bertz CT molecular complexity index is 1070. The highest BCUT2D eigenvalue weighted by atomic mass is 16.6. The van der Waals surface area contributed by atoms with Gasteiger partial charge in [-0.05, 0) is 32.0 Å². The van der Waals surface area contributed by atoms with Crippen LogP contribution in [-0.2, 0) is 6.54 Å². The molecular weight excluding hydrogens is 332 g/mol.